The highest BCUT2D eigenvalue weighted by atomic mass is 19.1. The minimum Gasteiger partial charge on any atom is -0.493 e. The van der Waals surface area contributed by atoms with Crippen molar-refractivity contribution in [1.82, 2.24) is 9.13 Å². The van der Waals surface area contributed by atoms with Crippen molar-refractivity contribution in [2.75, 3.05) is 0 Å². The van der Waals surface area contributed by atoms with Gasteiger partial charge in [-0.3, -0.25) is 15.0 Å². The van der Waals surface area contributed by atoms with Crippen molar-refractivity contribution in [3.05, 3.63) is 40.9 Å². The van der Waals surface area contributed by atoms with Crippen LogP contribution in [0.2, 0.25) is 0 Å². The van der Waals surface area contributed by atoms with Crippen molar-refractivity contribution in [1.29, 1.82) is 5.41 Å². The fraction of sp³-hybridized carbons (Fsp3) is 0.143. The maximum Gasteiger partial charge on any atom is 0.218 e. The Morgan fingerprint density at radius 3 is 2.70 bits per heavy atom. The molecule has 0 radical (unpaired) electrons. The summed E-state index contributed by atoms with van der Waals surface area (Å²) in [5, 5.41) is 17.8. The Bertz CT molecular complexity index is 826. The van der Waals surface area contributed by atoms with Gasteiger partial charge in [-0.2, -0.15) is 0 Å². The lowest BCUT2D eigenvalue weighted by Gasteiger charge is -2.01. The lowest BCUT2D eigenvalue weighted by molar-refractivity contribution is 0.427. The summed E-state index contributed by atoms with van der Waals surface area (Å²) in [6.07, 6.45) is 3.36. The first kappa shape index (κ1) is 12.4. The summed E-state index contributed by atoms with van der Waals surface area (Å²) in [6, 6.07) is 4.40. The third kappa shape index (κ3) is 1.69. The number of aromatic nitrogens is 2. The van der Waals surface area contributed by atoms with E-state index in [-0.39, 0.29) is 17.3 Å². The van der Waals surface area contributed by atoms with Gasteiger partial charge in [0.05, 0.1) is 5.69 Å². The molecule has 0 atom stereocenters. The first-order valence-electron chi connectivity index (χ1n) is 6.04. The van der Waals surface area contributed by atoms with Crippen LogP contribution in [0.25, 0.3) is 11.6 Å². The predicted molar refractivity (Wildman–Crippen MR) is 74.3 cm³/mol. The third-order valence-corrected chi connectivity index (χ3v) is 3.45. The van der Waals surface area contributed by atoms with Gasteiger partial charge in [0.2, 0.25) is 11.5 Å². The van der Waals surface area contributed by atoms with Gasteiger partial charge in [0.25, 0.3) is 0 Å². The summed E-state index contributed by atoms with van der Waals surface area (Å²) >= 11 is 0. The highest BCUT2D eigenvalue weighted by Crippen LogP contribution is 2.33. The number of hydrogen-bond donors (Lipinski definition) is 2. The zero-order valence-electron chi connectivity index (χ0n) is 11.1. The molecule has 0 saturated carbocycles. The van der Waals surface area contributed by atoms with Gasteiger partial charge in [0, 0.05) is 37.5 Å². The molecule has 2 heterocycles. The van der Waals surface area contributed by atoms with Crippen LogP contribution in [0.15, 0.2) is 23.2 Å². The second kappa shape index (κ2) is 4.19. The topological polar surface area (TPSA) is 66.3 Å². The van der Waals surface area contributed by atoms with Crippen LogP contribution in [0, 0.1) is 11.2 Å². The minimum absolute atomic E-state index is 0.00830. The molecule has 3 rings (SSSR count). The fourth-order valence-corrected chi connectivity index (χ4v) is 2.25. The Hall–Kier alpha value is -2.63. The normalized spacial score (nSPS) is 15.1. The van der Waals surface area contributed by atoms with Gasteiger partial charge in [-0.15, -0.1) is 0 Å². The van der Waals surface area contributed by atoms with E-state index in [1.54, 1.807) is 37.0 Å². The first-order valence-corrected chi connectivity index (χ1v) is 6.04. The number of hydrogen-bond acceptors (Lipinski definition) is 3. The molecule has 1 aromatic heterocycles. The average Bonchev–Trinajstić information content (AvgIpc) is 2.90. The fourth-order valence-electron chi connectivity index (χ4n) is 2.25. The highest BCUT2D eigenvalue weighted by molar-refractivity contribution is 6.21. The molecule has 0 unspecified atom stereocenters. The van der Waals surface area contributed by atoms with E-state index in [1.807, 2.05) is 0 Å². The molecule has 1 aliphatic rings. The van der Waals surface area contributed by atoms with Crippen LogP contribution in [0.5, 0.6) is 5.88 Å². The van der Waals surface area contributed by atoms with Crippen LogP contribution in [0.4, 0.5) is 10.1 Å². The van der Waals surface area contributed by atoms with Gasteiger partial charge in [-0.1, -0.05) is 0 Å². The van der Waals surface area contributed by atoms with Gasteiger partial charge < -0.3 is 9.67 Å². The number of aromatic hydroxyl groups is 1. The number of rotatable bonds is 1. The number of allylic oxidation sites excluding steroid dienone is 1. The minimum atomic E-state index is -0.330. The van der Waals surface area contributed by atoms with Crippen molar-refractivity contribution < 1.29 is 9.50 Å². The smallest absolute Gasteiger partial charge is 0.218 e. The van der Waals surface area contributed by atoms with Crippen molar-refractivity contribution in [2.24, 2.45) is 19.1 Å². The third-order valence-electron chi connectivity index (χ3n) is 3.45. The van der Waals surface area contributed by atoms with Crippen LogP contribution in [-0.2, 0) is 14.1 Å². The molecule has 0 saturated heterocycles. The number of aliphatic imine (C=N–C) groups is 1. The lowest BCUT2D eigenvalue weighted by atomic mass is 10.1. The largest absolute Gasteiger partial charge is 0.493 e. The molecule has 0 spiro atoms. The number of benzene rings is 1. The molecule has 1 aliphatic heterocycles. The van der Waals surface area contributed by atoms with Crippen LogP contribution >= 0.6 is 0 Å². The molecule has 0 fully saturated rings. The van der Waals surface area contributed by atoms with Crippen LogP contribution in [0.1, 0.15) is 11.3 Å². The van der Waals surface area contributed by atoms with Crippen LogP contribution in [-0.4, -0.2) is 20.5 Å². The number of halogens is 1. The van der Waals surface area contributed by atoms with E-state index in [9.17, 15) is 9.50 Å². The maximum atomic E-state index is 13.1. The summed E-state index contributed by atoms with van der Waals surface area (Å²) in [5.74, 6) is -0.322. The summed E-state index contributed by atoms with van der Waals surface area (Å²) in [4.78, 5) is 4.15. The van der Waals surface area contributed by atoms with Crippen molar-refractivity contribution >= 4 is 23.6 Å². The van der Waals surface area contributed by atoms with Crippen LogP contribution < -0.4 is 5.62 Å². The Labute approximate surface area is 114 Å². The maximum absolute atomic E-state index is 13.1. The Balaban J connectivity index is 2.16. The van der Waals surface area contributed by atoms with E-state index >= 15 is 0 Å². The number of imidazole rings is 1. The molecular formula is C14H13FN4O. The predicted octanol–water partition coefficient (Wildman–Crippen LogP) is 1.94. The Morgan fingerprint density at radius 1 is 1.30 bits per heavy atom. The molecule has 2 N–H and O–H groups in total. The summed E-state index contributed by atoms with van der Waals surface area (Å²) < 4.78 is 16.1. The summed E-state index contributed by atoms with van der Waals surface area (Å²) in [6.45, 7) is 0. The lowest BCUT2D eigenvalue weighted by Crippen LogP contribution is -2.20. The standard InChI is InChI=1S/C14H13FN4O/c1-18-12(13(20)19(2)14(18)16)5-8-7-17-11-6-9(15)3-4-10(8)11/h3-7,16,20H,1-2H3/b8-5+,16-14?. The zero-order valence-corrected chi connectivity index (χ0v) is 11.1. The molecule has 102 valence electrons. The Morgan fingerprint density at radius 2 is 2.05 bits per heavy atom. The van der Waals surface area contributed by atoms with Gasteiger partial charge in [-0.25, -0.2) is 4.39 Å². The SMILES string of the molecule is Cn1c(O)c(/C=C2\C=Nc3cc(F)ccc32)n(C)c1=N. The van der Waals surface area contributed by atoms with Gasteiger partial charge in [0.1, 0.15) is 11.5 Å². The van der Waals surface area contributed by atoms with Gasteiger partial charge >= 0.3 is 0 Å². The molecule has 5 nitrogen and oxygen atoms in total. The molecule has 20 heavy (non-hydrogen) atoms. The second-order valence-electron chi connectivity index (χ2n) is 4.67. The number of nitrogens with zero attached hydrogens (tertiary/aromatic N) is 3. The van der Waals surface area contributed by atoms with E-state index in [2.05, 4.69) is 4.99 Å². The van der Waals surface area contributed by atoms with E-state index in [0.29, 0.717) is 11.4 Å². The van der Waals surface area contributed by atoms with Crippen molar-refractivity contribution in [2.45, 2.75) is 0 Å². The second-order valence-corrected chi connectivity index (χ2v) is 4.67. The van der Waals surface area contributed by atoms with E-state index in [0.717, 1.165) is 11.1 Å². The number of fused-ring (bicyclic) bond motifs is 1. The van der Waals surface area contributed by atoms with E-state index < -0.39 is 0 Å². The molecular weight excluding hydrogens is 259 g/mol. The van der Waals surface area contributed by atoms with Crippen LogP contribution in [0.3, 0.4) is 0 Å². The molecule has 0 aliphatic carbocycles. The number of nitrogens with one attached hydrogen (secondary N) is 1. The summed E-state index contributed by atoms with van der Waals surface area (Å²) in [5.41, 5.74) is 2.85. The van der Waals surface area contributed by atoms with E-state index in [4.69, 9.17) is 5.41 Å². The quantitative estimate of drug-likeness (QED) is 0.818. The Kier molecular flexibility index (Phi) is 2.60. The monoisotopic (exact) mass is 272 g/mol. The van der Waals surface area contributed by atoms with Gasteiger partial charge in [0.15, 0.2) is 0 Å². The summed E-state index contributed by atoms with van der Waals surface area (Å²) in [7, 11) is 3.32. The van der Waals surface area contributed by atoms with Gasteiger partial charge in [-0.05, 0) is 18.2 Å². The molecule has 2 aromatic rings. The van der Waals surface area contributed by atoms with E-state index in [1.165, 1.54) is 16.7 Å². The van der Waals surface area contributed by atoms with Crippen molar-refractivity contribution in [3.63, 3.8) is 0 Å². The molecule has 0 bridgehead atoms. The molecule has 1 aromatic carbocycles. The first-order chi connectivity index (χ1) is 9.49. The van der Waals surface area contributed by atoms with Crippen molar-refractivity contribution in [3.8, 4) is 5.88 Å². The highest BCUT2D eigenvalue weighted by Gasteiger charge is 2.16. The molecule has 0 amide bonds. The average molecular weight is 272 g/mol. The molecule has 6 heteroatoms. The zero-order chi connectivity index (χ0) is 14.4.